The van der Waals surface area contributed by atoms with E-state index in [9.17, 15) is 4.79 Å². The van der Waals surface area contributed by atoms with Gasteiger partial charge < -0.3 is 15.4 Å². The van der Waals surface area contributed by atoms with E-state index >= 15 is 0 Å². The van der Waals surface area contributed by atoms with Crippen molar-refractivity contribution in [1.82, 2.24) is 5.32 Å². The second-order valence-corrected chi connectivity index (χ2v) is 5.46. The van der Waals surface area contributed by atoms with Gasteiger partial charge in [-0.2, -0.15) is 0 Å². The maximum atomic E-state index is 12.2. The molecule has 0 spiro atoms. The molecule has 1 fully saturated rings. The van der Waals surface area contributed by atoms with Crippen molar-refractivity contribution in [2.24, 2.45) is 5.92 Å². The van der Waals surface area contributed by atoms with Crippen LogP contribution in [0.4, 0.5) is 5.69 Å². The lowest BCUT2D eigenvalue weighted by Gasteiger charge is -2.12. The third-order valence-electron chi connectivity index (χ3n) is 3.98. The summed E-state index contributed by atoms with van der Waals surface area (Å²) >= 11 is 0. The number of rotatable bonds is 4. The largest absolute Gasteiger partial charge is 0.496 e. The van der Waals surface area contributed by atoms with Crippen LogP contribution in [0.2, 0.25) is 0 Å². The first-order valence-electron chi connectivity index (χ1n) is 7.53. The molecule has 22 heavy (non-hydrogen) atoms. The Kier molecular flexibility index (Phi) is 4.39. The summed E-state index contributed by atoms with van der Waals surface area (Å²) in [7, 11) is 1.66. The normalized spacial score (nSPS) is 17.2. The van der Waals surface area contributed by atoms with Crippen LogP contribution in [0.15, 0.2) is 48.5 Å². The van der Waals surface area contributed by atoms with Crippen molar-refractivity contribution >= 4 is 11.6 Å². The van der Waals surface area contributed by atoms with Crippen molar-refractivity contribution in [2.45, 2.75) is 6.42 Å². The van der Waals surface area contributed by atoms with Gasteiger partial charge in [0.1, 0.15) is 5.75 Å². The molecule has 2 aromatic rings. The molecular weight excluding hydrogens is 276 g/mol. The van der Waals surface area contributed by atoms with E-state index in [0.29, 0.717) is 0 Å². The van der Waals surface area contributed by atoms with Crippen molar-refractivity contribution in [2.75, 3.05) is 25.5 Å². The molecule has 0 bridgehead atoms. The van der Waals surface area contributed by atoms with E-state index in [-0.39, 0.29) is 11.8 Å². The fraction of sp³-hybridized carbons (Fsp3) is 0.278. The van der Waals surface area contributed by atoms with Crippen LogP contribution >= 0.6 is 0 Å². The van der Waals surface area contributed by atoms with Gasteiger partial charge in [0.2, 0.25) is 5.91 Å². The summed E-state index contributed by atoms with van der Waals surface area (Å²) in [6.07, 6.45) is 0.901. The lowest BCUT2D eigenvalue weighted by atomic mass is 10.0. The number of carbonyl (C=O) groups is 1. The minimum atomic E-state index is 0.0647. The average Bonchev–Trinajstić information content (AvgIpc) is 3.10. The smallest absolute Gasteiger partial charge is 0.228 e. The highest BCUT2D eigenvalue weighted by Crippen LogP contribution is 2.31. The summed E-state index contributed by atoms with van der Waals surface area (Å²) in [5.41, 5.74) is 2.86. The van der Waals surface area contributed by atoms with Crippen LogP contribution in [0.1, 0.15) is 6.42 Å². The highest BCUT2D eigenvalue weighted by molar-refractivity contribution is 5.93. The van der Waals surface area contributed by atoms with Crippen molar-refractivity contribution in [3.63, 3.8) is 0 Å². The predicted octanol–water partition coefficient (Wildman–Crippen LogP) is 2.91. The van der Waals surface area contributed by atoms with Gasteiger partial charge >= 0.3 is 0 Å². The summed E-state index contributed by atoms with van der Waals surface area (Å²) < 4.78 is 5.41. The zero-order chi connectivity index (χ0) is 15.4. The molecule has 114 valence electrons. The molecular formula is C18H20N2O2. The topological polar surface area (TPSA) is 50.4 Å². The van der Waals surface area contributed by atoms with E-state index in [2.05, 4.69) is 10.6 Å². The molecule has 1 unspecified atom stereocenters. The van der Waals surface area contributed by atoms with E-state index in [4.69, 9.17) is 4.74 Å². The number of ether oxygens (including phenoxy) is 1. The van der Waals surface area contributed by atoms with E-state index in [1.165, 1.54) is 0 Å². The lowest BCUT2D eigenvalue weighted by molar-refractivity contribution is -0.119. The summed E-state index contributed by atoms with van der Waals surface area (Å²) in [6, 6.07) is 15.7. The number of methoxy groups -OCH3 is 1. The second kappa shape index (κ2) is 6.62. The van der Waals surface area contributed by atoms with E-state index in [1.807, 2.05) is 48.5 Å². The van der Waals surface area contributed by atoms with Gasteiger partial charge in [-0.25, -0.2) is 0 Å². The van der Waals surface area contributed by atoms with Gasteiger partial charge in [0.05, 0.1) is 13.0 Å². The standard InChI is InChI=1S/C18H20N2O2/c1-22-17-8-3-2-7-16(17)13-5-4-6-15(11-13)20-18(21)14-9-10-19-12-14/h2-8,11,14,19H,9-10,12H2,1H3,(H,20,21). The first kappa shape index (κ1) is 14.6. The first-order valence-corrected chi connectivity index (χ1v) is 7.53. The van der Waals surface area contributed by atoms with Crippen LogP contribution in [-0.4, -0.2) is 26.1 Å². The Morgan fingerprint density at radius 1 is 1.23 bits per heavy atom. The van der Waals surface area contributed by atoms with Gasteiger partial charge in [-0.05, 0) is 36.7 Å². The summed E-state index contributed by atoms with van der Waals surface area (Å²) in [5, 5.41) is 6.23. The van der Waals surface area contributed by atoms with E-state index in [1.54, 1.807) is 7.11 Å². The number of nitrogens with one attached hydrogen (secondary N) is 2. The molecule has 3 rings (SSSR count). The fourth-order valence-electron chi connectivity index (χ4n) is 2.77. The van der Waals surface area contributed by atoms with E-state index < -0.39 is 0 Å². The number of amides is 1. The maximum absolute atomic E-state index is 12.2. The van der Waals surface area contributed by atoms with Crippen molar-refractivity contribution < 1.29 is 9.53 Å². The molecule has 1 atom stereocenters. The minimum Gasteiger partial charge on any atom is -0.496 e. The van der Waals surface area contributed by atoms with Crippen LogP contribution in [0, 0.1) is 5.92 Å². The van der Waals surface area contributed by atoms with Crippen LogP contribution in [0.5, 0.6) is 5.75 Å². The van der Waals surface area contributed by atoms with Crippen molar-refractivity contribution in [3.05, 3.63) is 48.5 Å². The number of hydrogen-bond acceptors (Lipinski definition) is 3. The summed E-state index contributed by atoms with van der Waals surface area (Å²) in [4.78, 5) is 12.2. The van der Waals surface area contributed by atoms with Crippen LogP contribution in [0.25, 0.3) is 11.1 Å². The van der Waals surface area contributed by atoms with Crippen LogP contribution < -0.4 is 15.4 Å². The molecule has 4 nitrogen and oxygen atoms in total. The highest BCUT2D eigenvalue weighted by Gasteiger charge is 2.22. The molecule has 1 aliphatic heterocycles. The zero-order valence-corrected chi connectivity index (χ0v) is 12.6. The average molecular weight is 296 g/mol. The van der Waals surface area contributed by atoms with Gasteiger partial charge in [0.15, 0.2) is 0 Å². The third kappa shape index (κ3) is 3.12. The molecule has 4 heteroatoms. The Bertz CT molecular complexity index is 664. The Labute approximate surface area is 130 Å². The number of para-hydroxylation sites is 1. The first-order chi connectivity index (χ1) is 10.8. The Morgan fingerprint density at radius 3 is 2.86 bits per heavy atom. The van der Waals surface area contributed by atoms with E-state index in [0.717, 1.165) is 42.1 Å². The summed E-state index contributed by atoms with van der Waals surface area (Å²) in [6.45, 7) is 1.68. The second-order valence-electron chi connectivity index (χ2n) is 5.46. The third-order valence-corrected chi connectivity index (χ3v) is 3.98. The van der Waals surface area contributed by atoms with Gasteiger partial charge in [-0.1, -0.05) is 30.3 Å². The monoisotopic (exact) mass is 296 g/mol. The highest BCUT2D eigenvalue weighted by atomic mass is 16.5. The Balaban J connectivity index is 1.81. The number of carbonyl (C=O) groups excluding carboxylic acids is 1. The number of anilines is 1. The molecule has 1 heterocycles. The Morgan fingerprint density at radius 2 is 2.09 bits per heavy atom. The molecule has 0 saturated carbocycles. The van der Waals surface area contributed by atoms with Gasteiger partial charge in [0, 0.05) is 17.8 Å². The molecule has 2 N–H and O–H groups in total. The van der Waals surface area contributed by atoms with Gasteiger partial charge in [-0.15, -0.1) is 0 Å². The van der Waals surface area contributed by atoms with Crippen LogP contribution in [0.3, 0.4) is 0 Å². The van der Waals surface area contributed by atoms with Gasteiger partial charge in [-0.3, -0.25) is 4.79 Å². The minimum absolute atomic E-state index is 0.0647. The number of hydrogen-bond donors (Lipinski definition) is 2. The van der Waals surface area contributed by atoms with Gasteiger partial charge in [0.25, 0.3) is 0 Å². The molecule has 1 aliphatic rings. The Hall–Kier alpha value is -2.33. The fourth-order valence-corrected chi connectivity index (χ4v) is 2.77. The summed E-state index contributed by atoms with van der Waals surface area (Å²) in [5.74, 6) is 0.975. The van der Waals surface area contributed by atoms with Crippen LogP contribution in [-0.2, 0) is 4.79 Å². The molecule has 2 aromatic carbocycles. The quantitative estimate of drug-likeness (QED) is 0.912. The molecule has 0 aliphatic carbocycles. The SMILES string of the molecule is COc1ccccc1-c1cccc(NC(=O)C2CCNC2)c1. The molecule has 0 radical (unpaired) electrons. The molecule has 0 aromatic heterocycles. The zero-order valence-electron chi connectivity index (χ0n) is 12.6. The maximum Gasteiger partial charge on any atom is 0.228 e. The van der Waals surface area contributed by atoms with Crippen molar-refractivity contribution in [3.8, 4) is 16.9 Å². The predicted molar refractivity (Wildman–Crippen MR) is 88.0 cm³/mol. The van der Waals surface area contributed by atoms with Crippen molar-refractivity contribution in [1.29, 1.82) is 0 Å². The molecule has 1 saturated heterocycles. The lowest BCUT2D eigenvalue weighted by Crippen LogP contribution is -2.24. The molecule has 1 amide bonds. The number of benzene rings is 2.